The van der Waals surface area contributed by atoms with Crippen molar-refractivity contribution in [1.29, 1.82) is 0 Å². The van der Waals surface area contributed by atoms with Crippen LogP contribution < -0.4 is 14.2 Å². The Morgan fingerprint density at radius 1 is 0.781 bits per heavy atom. The molecular weight excluding hydrogens is 451 g/mol. The Morgan fingerprint density at radius 3 is 2.09 bits per heavy atom. The van der Waals surface area contributed by atoms with Crippen LogP contribution in [0, 0.1) is 11.8 Å². The monoisotopic (exact) mass is 470 g/mol. The maximum Gasteiger partial charge on any atom is 0.341 e. The van der Waals surface area contributed by atoms with Crippen LogP contribution in [0.1, 0.15) is 17.5 Å². The van der Waals surface area contributed by atoms with Crippen molar-refractivity contribution >= 4 is 29.2 Å². The van der Waals surface area contributed by atoms with Crippen molar-refractivity contribution in [3.63, 3.8) is 0 Å². The van der Waals surface area contributed by atoms with E-state index >= 15 is 0 Å². The molecule has 0 bridgehead atoms. The summed E-state index contributed by atoms with van der Waals surface area (Å²) in [7, 11) is 0. The van der Waals surface area contributed by atoms with E-state index in [0.717, 1.165) is 5.56 Å². The van der Waals surface area contributed by atoms with Gasteiger partial charge in [0.2, 0.25) is 0 Å². The molecule has 3 rings (SSSR count). The number of aliphatic carboxylic acids is 1. The molecule has 3 aromatic carbocycles. The SMILES string of the molecule is O=C(O)COc1ccc(OCCCOc2ccc(Cl)cc2C#Cc2ccc(Cl)cc2)cc1. The van der Waals surface area contributed by atoms with Gasteiger partial charge >= 0.3 is 5.97 Å². The molecule has 0 radical (unpaired) electrons. The molecule has 5 nitrogen and oxygen atoms in total. The van der Waals surface area contributed by atoms with Gasteiger partial charge in [-0.2, -0.15) is 0 Å². The van der Waals surface area contributed by atoms with Crippen LogP contribution in [0.2, 0.25) is 10.0 Å². The van der Waals surface area contributed by atoms with Crippen LogP contribution in [0.3, 0.4) is 0 Å². The molecule has 0 amide bonds. The second-order valence-electron chi connectivity index (χ2n) is 6.60. The Bertz CT molecular complexity index is 1100. The maximum absolute atomic E-state index is 10.5. The number of benzene rings is 3. The largest absolute Gasteiger partial charge is 0.493 e. The number of rotatable bonds is 9. The Balaban J connectivity index is 1.49. The molecule has 164 valence electrons. The van der Waals surface area contributed by atoms with Gasteiger partial charge in [0, 0.05) is 22.0 Å². The highest BCUT2D eigenvalue weighted by molar-refractivity contribution is 6.31. The number of halogens is 2. The summed E-state index contributed by atoms with van der Waals surface area (Å²) in [6.07, 6.45) is 0.657. The van der Waals surface area contributed by atoms with E-state index in [4.69, 9.17) is 42.5 Å². The van der Waals surface area contributed by atoms with E-state index in [1.807, 2.05) is 12.1 Å². The number of ether oxygens (including phenoxy) is 3. The van der Waals surface area contributed by atoms with Crippen molar-refractivity contribution in [1.82, 2.24) is 0 Å². The third-order valence-electron chi connectivity index (χ3n) is 4.13. The molecule has 7 heteroatoms. The van der Waals surface area contributed by atoms with E-state index < -0.39 is 5.97 Å². The minimum absolute atomic E-state index is 0.381. The molecule has 0 spiro atoms. The van der Waals surface area contributed by atoms with Crippen molar-refractivity contribution in [3.8, 4) is 29.1 Å². The van der Waals surface area contributed by atoms with Gasteiger partial charge < -0.3 is 19.3 Å². The highest BCUT2D eigenvalue weighted by Crippen LogP contribution is 2.23. The lowest BCUT2D eigenvalue weighted by Gasteiger charge is -2.10. The Labute approximate surface area is 196 Å². The average Bonchev–Trinajstić information content (AvgIpc) is 2.79. The summed E-state index contributed by atoms with van der Waals surface area (Å²) in [5.41, 5.74) is 1.54. The highest BCUT2D eigenvalue weighted by Gasteiger charge is 2.04. The normalized spacial score (nSPS) is 10.1. The number of carbonyl (C=O) groups is 1. The van der Waals surface area contributed by atoms with Crippen molar-refractivity contribution in [2.24, 2.45) is 0 Å². The van der Waals surface area contributed by atoms with Gasteiger partial charge in [0.05, 0.1) is 18.8 Å². The molecule has 0 saturated heterocycles. The summed E-state index contributed by atoms with van der Waals surface area (Å²) in [6.45, 7) is 0.514. The molecule has 0 aliphatic heterocycles. The van der Waals surface area contributed by atoms with Crippen LogP contribution in [0.25, 0.3) is 0 Å². The summed E-state index contributed by atoms with van der Waals surface area (Å²) in [5, 5.41) is 9.86. The summed E-state index contributed by atoms with van der Waals surface area (Å²) >= 11 is 12.0. The fraction of sp³-hybridized carbons (Fsp3) is 0.160. The van der Waals surface area contributed by atoms with E-state index in [1.165, 1.54) is 0 Å². The Morgan fingerprint density at radius 2 is 1.41 bits per heavy atom. The first kappa shape index (κ1) is 23.3. The molecule has 0 saturated carbocycles. The Kier molecular flexibility index (Phi) is 8.68. The lowest BCUT2D eigenvalue weighted by molar-refractivity contribution is -0.139. The third kappa shape index (κ3) is 7.73. The fourth-order valence-electron chi connectivity index (χ4n) is 2.61. The first-order valence-electron chi connectivity index (χ1n) is 9.77. The van der Waals surface area contributed by atoms with Crippen molar-refractivity contribution < 1.29 is 24.1 Å². The van der Waals surface area contributed by atoms with E-state index in [9.17, 15) is 4.79 Å². The summed E-state index contributed by atoms with van der Waals surface area (Å²) in [6, 6.07) is 19.4. The smallest absolute Gasteiger partial charge is 0.341 e. The van der Waals surface area contributed by atoms with Crippen molar-refractivity contribution in [2.75, 3.05) is 19.8 Å². The molecular formula is C25H20Cl2O5. The van der Waals surface area contributed by atoms with Gasteiger partial charge in [-0.15, -0.1) is 0 Å². The Hall–Kier alpha value is -3.33. The molecule has 32 heavy (non-hydrogen) atoms. The van der Waals surface area contributed by atoms with Gasteiger partial charge in [-0.25, -0.2) is 4.79 Å². The topological polar surface area (TPSA) is 65.0 Å². The average molecular weight is 471 g/mol. The minimum Gasteiger partial charge on any atom is -0.493 e. The van der Waals surface area contributed by atoms with E-state index in [-0.39, 0.29) is 6.61 Å². The molecule has 0 aromatic heterocycles. The lowest BCUT2D eigenvalue weighted by Crippen LogP contribution is -2.09. The van der Waals surface area contributed by atoms with Gasteiger partial charge in [0.1, 0.15) is 17.2 Å². The van der Waals surface area contributed by atoms with E-state index in [2.05, 4.69) is 11.8 Å². The van der Waals surface area contributed by atoms with Crippen LogP contribution in [-0.4, -0.2) is 30.9 Å². The molecule has 3 aromatic rings. The predicted octanol–water partition coefficient (Wildman–Crippen LogP) is 5.70. The zero-order valence-electron chi connectivity index (χ0n) is 17.0. The number of hydrogen-bond acceptors (Lipinski definition) is 4. The van der Waals surface area contributed by atoms with Crippen LogP contribution in [0.5, 0.6) is 17.2 Å². The summed E-state index contributed by atoms with van der Waals surface area (Å²) in [5.74, 6) is 6.94. The zero-order valence-corrected chi connectivity index (χ0v) is 18.5. The fourth-order valence-corrected chi connectivity index (χ4v) is 2.90. The van der Waals surface area contributed by atoms with E-state index in [1.54, 1.807) is 54.6 Å². The molecule has 1 N–H and O–H groups in total. The molecule has 0 aliphatic carbocycles. The number of hydrogen-bond donors (Lipinski definition) is 1. The van der Waals surface area contributed by atoms with Gasteiger partial charge in [0.25, 0.3) is 0 Å². The van der Waals surface area contributed by atoms with Crippen LogP contribution >= 0.6 is 23.2 Å². The second kappa shape index (κ2) is 11.9. The summed E-state index contributed by atoms with van der Waals surface area (Å²) in [4.78, 5) is 10.5. The first-order chi connectivity index (χ1) is 15.5. The standard InChI is InChI=1S/C25H20Cl2O5/c26-20-6-3-18(4-7-20)2-5-19-16-21(27)8-13-24(19)31-15-1-14-30-22-9-11-23(12-10-22)32-17-25(28)29/h3-4,6-13,16H,1,14-15,17H2,(H,28,29). The van der Waals surface area contributed by atoms with Crippen LogP contribution in [0.15, 0.2) is 66.7 Å². The molecule has 0 aliphatic rings. The third-order valence-corrected chi connectivity index (χ3v) is 4.62. The van der Waals surface area contributed by atoms with E-state index in [0.29, 0.717) is 52.5 Å². The molecule has 0 atom stereocenters. The predicted molar refractivity (Wildman–Crippen MR) is 124 cm³/mol. The van der Waals surface area contributed by atoms with Gasteiger partial charge in [0.15, 0.2) is 6.61 Å². The summed E-state index contributed by atoms with van der Waals surface area (Å²) < 4.78 is 16.6. The van der Waals surface area contributed by atoms with Crippen molar-refractivity contribution in [2.45, 2.75) is 6.42 Å². The first-order valence-corrected chi connectivity index (χ1v) is 10.5. The van der Waals surface area contributed by atoms with Crippen LogP contribution in [0.4, 0.5) is 0 Å². The van der Waals surface area contributed by atoms with Gasteiger partial charge in [-0.3, -0.25) is 0 Å². The minimum atomic E-state index is -1.02. The van der Waals surface area contributed by atoms with Crippen LogP contribution in [-0.2, 0) is 4.79 Å². The maximum atomic E-state index is 10.5. The molecule has 0 heterocycles. The second-order valence-corrected chi connectivity index (χ2v) is 7.47. The zero-order chi connectivity index (χ0) is 22.8. The number of carboxylic acids is 1. The number of carboxylic acid groups (broad SMARTS) is 1. The van der Waals surface area contributed by atoms with Gasteiger partial charge in [-0.1, -0.05) is 35.0 Å². The van der Waals surface area contributed by atoms with Gasteiger partial charge in [-0.05, 0) is 66.7 Å². The highest BCUT2D eigenvalue weighted by atomic mass is 35.5. The lowest BCUT2D eigenvalue weighted by atomic mass is 10.1. The van der Waals surface area contributed by atoms with Crippen molar-refractivity contribution in [3.05, 3.63) is 87.9 Å². The molecule has 0 unspecified atom stereocenters. The quantitative estimate of drug-likeness (QED) is 0.320. The molecule has 0 fully saturated rings.